The first kappa shape index (κ1) is 21.0. The van der Waals surface area contributed by atoms with Gasteiger partial charge in [-0.1, -0.05) is 37.3 Å². The van der Waals surface area contributed by atoms with Gasteiger partial charge in [0, 0.05) is 17.3 Å². The van der Waals surface area contributed by atoms with E-state index in [4.69, 9.17) is 4.74 Å². The van der Waals surface area contributed by atoms with Crippen molar-refractivity contribution in [2.45, 2.75) is 37.8 Å². The Bertz CT molecular complexity index is 1270. The average molecular weight is 460 g/mol. The van der Waals surface area contributed by atoms with Crippen molar-refractivity contribution in [1.82, 2.24) is 4.90 Å². The summed E-state index contributed by atoms with van der Waals surface area (Å²) in [7, 11) is 1.26. The normalized spacial score (nSPS) is 29.4. The first-order chi connectivity index (χ1) is 16.5. The highest BCUT2D eigenvalue weighted by molar-refractivity contribution is 6.27. The number of hydrogen-bond acceptors (Lipinski definition) is 6. The first-order valence-corrected chi connectivity index (χ1v) is 11.7. The van der Waals surface area contributed by atoms with E-state index in [0.29, 0.717) is 6.54 Å². The lowest BCUT2D eigenvalue weighted by Gasteiger charge is -2.36. The molecular weight excluding hydrogens is 434 g/mol. The highest BCUT2D eigenvalue weighted by atomic mass is 16.5. The van der Waals surface area contributed by atoms with Crippen LogP contribution in [0.2, 0.25) is 0 Å². The summed E-state index contributed by atoms with van der Waals surface area (Å²) >= 11 is 0. The van der Waals surface area contributed by atoms with Crippen LogP contribution in [0, 0.1) is 11.8 Å². The van der Waals surface area contributed by atoms with Gasteiger partial charge in [0.2, 0.25) is 17.7 Å². The Morgan fingerprint density at radius 2 is 1.91 bits per heavy atom. The molecule has 174 valence electrons. The van der Waals surface area contributed by atoms with Gasteiger partial charge in [-0.2, -0.15) is 0 Å². The fraction of sp³-hybridized carbons (Fsp3) is 0.385. The summed E-state index contributed by atoms with van der Waals surface area (Å²) in [6.07, 6.45) is 2.33. The van der Waals surface area contributed by atoms with E-state index in [1.165, 1.54) is 7.11 Å². The summed E-state index contributed by atoms with van der Waals surface area (Å²) < 4.78 is 4.89. The number of methoxy groups -OCH3 is 1. The molecule has 34 heavy (non-hydrogen) atoms. The second-order valence-electron chi connectivity index (χ2n) is 9.34. The van der Waals surface area contributed by atoms with Crippen LogP contribution in [-0.2, 0) is 31.1 Å². The van der Waals surface area contributed by atoms with Gasteiger partial charge in [0.15, 0.2) is 0 Å². The van der Waals surface area contributed by atoms with E-state index >= 15 is 0 Å². The van der Waals surface area contributed by atoms with Gasteiger partial charge in [0.1, 0.15) is 5.54 Å². The van der Waals surface area contributed by atoms with Gasteiger partial charge in [-0.05, 0) is 43.5 Å². The maximum atomic E-state index is 14.1. The van der Waals surface area contributed by atoms with Crippen LogP contribution in [0.4, 0.5) is 11.4 Å². The van der Waals surface area contributed by atoms with Crippen LogP contribution >= 0.6 is 0 Å². The first-order valence-electron chi connectivity index (χ1n) is 11.7. The Kier molecular flexibility index (Phi) is 4.48. The zero-order valence-electron chi connectivity index (χ0n) is 19.0. The molecule has 0 aromatic heterocycles. The molecular formula is C26H25N3O5. The molecule has 0 saturated carbocycles. The Morgan fingerprint density at radius 3 is 2.68 bits per heavy atom. The van der Waals surface area contributed by atoms with Gasteiger partial charge in [0.25, 0.3) is 0 Å². The number of ether oxygens (including phenoxy) is 1. The van der Waals surface area contributed by atoms with Crippen molar-refractivity contribution in [2.75, 3.05) is 23.9 Å². The Labute approximate surface area is 196 Å². The zero-order chi connectivity index (χ0) is 23.8. The van der Waals surface area contributed by atoms with Crippen molar-refractivity contribution in [3.05, 3.63) is 59.2 Å². The van der Waals surface area contributed by atoms with Gasteiger partial charge in [-0.3, -0.25) is 19.3 Å². The minimum atomic E-state index is -1.23. The number of nitrogens with zero attached hydrogens (tertiary/aromatic N) is 2. The van der Waals surface area contributed by atoms with Crippen LogP contribution in [0.15, 0.2) is 42.5 Å². The minimum Gasteiger partial charge on any atom is -0.465 e. The number of rotatable bonds is 3. The Hall–Kier alpha value is -3.52. The van der Waals surface area contributed by atoms with Crippen LogP contribution in [0.3, 0.4) is 0 Å². The number of carbonyl (C=O) groups excluding carboxylic acids is 4. The summed E-state index contributed by atoms with van der Waals surface area (Å²) in [6, 6.07) is 12.1. The topological polar surface area (TPSA) is 96.0 Å². The van der Waals surface area contributed by atoms with E-state index in [9.17, 15) is 19.2 Å². The van der Waals surface area contributed by atoms with Gasteiger partial charge in [-0.25, -0.2) is 9.69 Å². The third-order valence-corrected chi connectivity index (χ3v) is 8.05. The zero-order valence-corrected chi connectivity index (χ0v) is 19.0. The highest BCUT2D eigenvalue weighted by Crippen LogP contribution is 2.61. The number of hydrogen-bond donors (Lipinski definition) is 1. The maximum Gasteiger partial charge on any atom is 0.339 e. The van der Waals surface area contributed by atoms with Gasteiger partial charge in [-0.15, -0.1) is 0 Å². The van der Waals surface area contributed by atoms with Crippen molar-refractivity contribution in [3.8, 4) is 0 Å². The summed E-state index contributed by atoms with van der Waals surface area (Å²) in [5.74, 6) is -3.17. The van der Waals surface area contributed by atoms with Crippen LogP contribution in [-0.4, -0.2) is 48.3 Å². The van der Waals surface area contributed by atoms with Gasteiger partial charge in [0.05, 0.1) is 30.2 Å². The molecule has 2 aromatic rings. The molecule has 3 fully saturated rings. The fourth-order valence-electron chi connectivity index (χ4n) is 6.77. The standard InChI is InChI=1S/C26H25N3O5/c1-3-14-8-6-10-16-21(14)27-25(33)26(16)20-19(18-12-7-13-28(18)26)22(30)29(23(20)31)17-11-5-4-9-15(17)24(32)34-2/h4-6,8-11,18-20H,3,7,12-13H2,1-2H3,(H,27,33)/t18-,19+,20-,26+/m0/s1. The quantitative estimate of drug-likeness (QED) is 0.560. The maximum absolute atomic E-state index is 14.1. The number of imide groups is 1. The van der Waals surface area contributed by atoms with E-state index in [-0.39, 0.29) is 29.1 Å². The lowest BCUT2D eigenvalue weighted by molar-refractivity contribution is -0.135. The predicted molar refractivity (Wildman–Crippen MR) is 123 cm³/mol. The second kappa shape index (κ2) is 7.24. The Balaban J connectivity index is 1.55. The van der Waals surface area contributed by atoms with Crippen molar-refractivity contribution < 1.29 is 23.9 Å². The average Bonchev–Trinajstić information content (AvgIpc) is 3.56. The largest absolute Gasteiger partial charge is 0.465 e. The molecule has 4 aliphatic rings. The molecule has 0 bridgehead atoms. The summed E-state index contributed by atoms with van der Waals surface area (Å²) in [5, 5.41) is 3.07. The van der Waals surface area contributed by atoms with Crippen LogP contribution in [0.5, 0.6) is 0 Å². The third kappa shape index (κ3) is 2.36. The van der Waals surface area contributed by atoms with E-state index in [0.717, 1.165) is 41.0 Å². The van der Waals surface area contributed by atoms with E-state index < -0.39 is 29.3 Å². The lowest BCUT2D eigenvalue weighted by Crippen LogP contribution is -2.54. The minimum absolute atomic E-state index is 0.147. The summed E-state index contributed by atoms with van der Waals surface area (Å²) in [4.78, 5) is 57.5. The fourth-order valence-corrected chi connectivity index (χ4v) is 6.77. The molecule has 0 aliphatic carbocycles. The van der Waals surface area contributed by atoms with Crippen molar-refractivity contribution in [3.63, 3.8) is 0 Å². The monoisotopic (exact) mass is 459 g/mol. The van der Waals surface area contributed by atoms with E-state index in [2.05, 4.69) is 10.2 Å². The number of carbonyl (C=O) groups is 4. The molecule has 4 aliphatic heterocycles. The molecule has 1 N–H and O–H groups in total. The second-order valence-corrected chi connectivity index (χ2v) is 9.34. The molecule has 8 nitrogen and oxygen atoms in total. The van der Waals surface area contributed by atoms with Crippen molar-refractivity contribution in [2.24, 2.45) is 11.8 Å². The van der Waals surface area contributed by atoms with Gasteiger partial charge >= 0.3 is 5.97 Å². The molecule has 4 heterocycles. The van der Waals surface area contributed by atoms with E-state index in [1.54, 1.807) is 24.3 Å². The van der Waals surface area contributed by atoms with E-state index in [1.807, 2.05) is 25.1 Å². The molecule has 4 atom stereocenters. The summed E-state index contributed by atoms with van der Waals surface area (Å²) in [6.45, 7) is 2.68. The molecule has 0 unspecified atom stereocenters. The molecule has 8 heteroatoms. The number of aryl methyl sites for hydroxylation is 1. The molecule has 6 rings (SSSR count). The molecule has 1 spiro atoms. The van der Waals surface area contributed by atoms with Crippen LogP contribution in [0.25, 0.3) is 0 Å². The molecule has 2 aromatic carbocycles. The number of esters is 1. The number of amides is 3. The van der Waals surface area contributed by atoms with Crippen LogP contribution < -0.4 is 10.2 Å². The van der Waals surface area contributed by atoms with Gasteiger partial charge < -0.3 is 10.1 Å². The van der Waals surface area contributed by atoms with Crippen molar-refractivity contribution in [1.29, 1.82) is 0 Å². The lowest BCUT2D eigenvalue weighted by atomic mass is 9.75. The number of benzene rings is 2. The third-order valence-electron chi connectivity index (χ3n) is 8.05. The summed E-state index contributed by atoms with van der Waals surface area (Å²) in [5.41, 5.74) is 1.67. The molecule has 3 amide bonds. The number of para-hydroxylation sites is 2. The number of fused-ring (bicyclic) bond motifs is 7. The van der Waals surface area contributed by atoms with Crippen molar-refractivity contribution >= 4 is 35.1 Å². The predicted octanol–water partition coefficient (Wildman–Crippen LogP) is 2.47. The molecule has 0 radical (unpaired) electrons. The highest BCUT2D eigenvalue weighted by Gasteiger charge is 2.74. The van der Waals surface area contributed by atoms with Crippen LogP contribution in [0.1, 0.15) is 41.3 Å². The smallest absolute Gasteiger partial charge is 0.339 e. The molecule has 3 saturated heterocycles. The Morgan fingerprint density at radius 1 is 1.12 bits per heavy atom. The number of anilines is 2. The number of nitrogens with one attached hydrogen (secondary N) is 1. The SMILES string of the molecule is CCc1cccc2c1NC(=O)[C@]21[C@@H]2C(=O)N(c3ccccc3C(=O)OC)C(=O)[C@@H]2[C@@H]2CCCN21.